The largest absolute Gasteiger partial charge is 0.478 e. The fraction of sp³-hybridized carbons (Fsp3) is 0.120. The molecule has 1 aromatic heterocycles. The fourth-order valence-electron chi connectivity index (χ4n) is 3.47. The van der Waals surface area contributed by atoms with Crippen LogP contribution in [0.5, 0.6) is 0 Å². The molecule has 2 N–H and O–H groups in total. The van der Waals surface area contributed by atoms with Crippen molar-refractivity contribution in [2.75, 3.05) is 11.9 Å². The Kier molecular flexibility index (Phi) is 6.38. The van der Waals surface area contributed by atoms with Gasteiger partial charge in [0.2, 0.25) is 5.91 Å². The van der Waals surface area contributed by atoms with Crippen molar-refractivity contribution in [2.45, 2.75) is 13.8 Å². The van der Waals surface area contributed by atoms with Crippen molar-refractivity contribution in [3.63, 3.8) is 0 Å². The summed E-state index contributed by atoms with van der Waals surface area (Å²) in [7, 11) is 0. The molecule has 2 heterocycles. The molecule has 1 aliphatic rings. The lowest BCUT2D eigenvalue weighted by molar-refractivity contribution is -0.127. The quantitative estimate of drug-likeness (QED) is 0.510. The second-order valence-electron chi connectivity index (χ2n) is 7.77. The van der Waals surface area contributed by atoms with Crippen LogP contribution in [0, 0.1) is 13.8 Å². The van der Waals surface area contributed by atoms with Gasteiger partial charge in [-0.15, -0.1) is 0 Å². The number of carbonyl (C=O) groups excluding carboxylic acids is 3. The summed E-state index contributed by atoms with van der Waals surface area (Å²) in [6.45, 7) is 3.50. The number of aryl methyl sites for hydroxylation is 2. The molecule has 0 spiro atoms. The molecule has 0 unspecified atom stereocenters. The maximum absolute atomic E-state index is 12.9. The molecule has 9 heteroatoms. The molecule has 172 valence electrons. The van der Waals surface area contributed by atoms with Crippen LogP contribution in [-0.2, 0) is 9.59 Å². The van der Waals surface area contributed by atoms with Gasteiger partial charge in [0.15, 0.2) is 0 Å². The van der Waals surface area contributed by atoms with Gasteiger partial charge in [0.05, 0.1) is 10.5 Å². The number of thioether (sulfide) groups is 1. The number of carbonyl (C=O) groups is 4. The van der Waals surface area contributed by atoms with Gasteiger partial charge >= 0.3 is 5.97 Å². The molecule has 0 radical (unpaired) electrons. The topological polar surface area (TPSA) is 109 Å². The predicted molar refractivity (Wildman–Crippen MR) is 130 cm³/mol. The Morgan fingerprint density at radius 2 is 1.82 bits per heavy atom. The zero-order valence-corrected chi connectivity index (χ0v) is 19.3. The van der Waals surface area contributed by atoms with E-state index in [1.165, 1.54) is 12.1 Å². The maximum Gasteiger partial charge on any atom is 0.335 e. The number of rotatable bonds is 6. The van der Waals surface area contributed by atoms with Gasteiger partial charge in [-0.05, 0) is 85.3 Å². The first kappa shape index (κ1) is 23.1. The number of carboxylic acid groups (broad SMARTS) is 1. The van der Waals surface area contributed by atoms with Crippen molar-refractivity contribution in [2.24, 2.45) is 0 Å². The van der Waals surface area contributed by atoms with Gasteiger partial charge in [-0.3, -0.25) is 19.3 Å². The van der Waals surface area contributed by atoms with Gasteiger partial charge < -0.3 is 15.0 Å². The van der Waals surface area contributed by atoms with Crippen molar-refractivity contribution in [1.82, 2.24) is 9.47 Å². The number of benzene rings is 2. The summed E-state index contributed by atoms with van der Waals surface area (Å²) in [4.78, 5) is 50.2. The van der Waals surface area contributed by atoms with Gasteiger partial charge in [-0.1, -0.05) is 12.1 Å². The molecule has 8 nitrogen and oxygen atoms in total. The normalized spacial score (nSPS) is 14.6. The number of anilines is 1. The lowest BCUT2D eigenvalue weighted by Gasteiger charge is -2.13. The monoisotopic (exact) mass is 475 g/mol. The number of aromatic carboxylic acids is 1. The van der Waals surface area contributed by atoms with Gasteiger partial charge in [0.25, 0.3) is 11.1 Å². The van der Waals surface area contributed by atoms with Crippen molar-refractivity contribution >= 4 is 46.5 Å². The molecule has 0 bridgehead atoms. The number of hydrogen-bond donors (Lipinski definition) is 2. The van der Waals surface area contributed by atoms with Crippen molar-refractivity contribution in [3.05, 3.63) is 88.1 Å². The number of carboxylic acids is 1. The first-order chi connectivity index (χ1) is 16.2. The zero-order valence-electron chi connectivity index (χ0n) is 18.4. The summed E-state index contributed by atoms with van der Waals surface area (Å²) in [6.07, 6.45) is 3.29. The van der Waals surface area contributed by atoms with Crippen LogP contribution in [0.25, 0.3) is 11.8 Å². The zero-order chi connectivity index (χ0) is 24.4. The molecular weight excluding hydrogens is 454 g/mol. The third-order valence-electron chi connectivity index (χ3n) is 5.40. The smallest absolute Gasteiger partial charge is 0.335 e. The van der Waals surface area contributed by atoms with Crippen LogP contribution in [0.4, 0.5) is 10.5 Å². The van der Waals surface area contributed by atoms with E-state index >= 15 is 0 Å². The second kappa shape index (κ2) is 9.40. The highest BCUT2D eigenvalue weighted by atomic mass is 32.2. The second-order valence-corrected chi connectivity index (χ2v) is 8.77. The van der Waals surface area contributed by atoms with Crippen molar-refractivity contribution in [1.29, 1.82) is 0 Å². The first-order valence-corrected chi connectivity index (χ1v) is 11.2. The minimum Gasteiger partial charge on any atom is -0.478 e. The van der Waals surface area contributed by atoms with Crippen LogP contribution in [0.2, 0.25) is 0 Å². The van der Waals surface area contributed by atoms with Gasteiger partial charge in [0, 0.05) is 23.3 Å². The lowest BCUT2D eigenvalue weighted by atomic mass is 10.1. The summed E-state index contributed by atoms with van der Waals surface area (Å²) in [5, 5.41) is 11.4. The number of nitrogens with one attached hydrogen (secondary N) is 1. The molecule has 0 aliphatic carbocycles. The third kappa shape index (κ3) is 4.79. The summed E-state index contributed by atoms with van der Waals surface area (Å²) in [6, 6.07) is 15.3. The predicted octanol–water partition coefficient (Wildman–Crippen LogP) is 4.47. The number of hydrogen-bond acceptors (Lipinski definition) is 5. The summed E-state index contributed by atoms with van der Waals surface area (Å²) < 4.78 is 1.72. The van der Waals surface area contributed by atoms with Crippen LogP contribution >= 0.6 is 11.8 Å². The minimum absolute atomic E-state index is 0.132. The summed E-state index contributed by atoms with van der Waals surface area (Å²) in [5.41, 5.74) is 4.03. The molecule has 0 saturated carbocycles. The van der Waals surface area contributed by atoms with Crippen molar-refractivity contribution in [3.8, 4) is 5.69 Å². The van der Waals surface area contributed by atoms with Crippen LogP contribution < -0.4 is 5.32 Å². The van der Waals surface area contributed by atoms with E-state index < -0.39 is 29.6 Å². The van der Waals surface area contributed by atoms with E-state index in [4.69, 9.17) is 0 Å². The van der Waals surface area contributed by atoms with E-state index in [-0.39, 0.29) is 10.5 Å². The van der Waals surface area contributed by atoms with E-state index in [9.17, 15) is 24.3 Å². The van der Waals surface area contributed by atoms with E-state index in [1.807, 2.05) is 26.0 Å². The number of imide groups is 1. The Labute approximate surface area is 199 Å². The molecule has 1 saturated heterocycles. The molecular formula is C25H21N3O5S. The third-order valence-corrected chi connectivity index (χ3v) is 6.30. The summed E-state index contributed by atoms with van der Waals surface area (Å²) in [5.74, 6) is -2.08. The Balaban J connectivity index is 1.51. The lowest BCUT2D eigenvalue weighted by Crippen LogP contribution is -2.36. The van der Waals surface area contributed by atoms with Crippen LogP contribution in [-0.4, -0.2) is 44.1 Å². The maximum atomic E-state index is 12.9. The molecule has 4 rings (SSSR count). The first-order valence-electron chi connectivity index (χ1n) is 10.4. The standard InChI is InChI=1S/C25H21N3O5S/c1-15-8-9-18(11-16(15)2)26-22(29)14-28-23(30)21(34-25(28)33)13-20-7-4-10-27(20)19-6-3-5-17(12-19)24(31)32/h3-13H,14H2,1-2H3,(H,26,29)(H,31,32)/b21-13+. The summed E-state index contributed by atoms with van der Waals surface area (Å²) >= 11 is 0.756. The molecule has 3 aromatic rings. The number of amides is 3. The van der Waals surface area contributed by atoms with E-state index in [0.29, 0.717) is 17.1 Å². The number of aromatic nitrogens is 1. The van der Waals surface area contributed by atoms with Crippen LogP contribution in [0.15, 0.2) is 65.7 Å². The number of nitrogens with zero attached hydrogens (tertiary/aromatic N) is 2. The van der Waals surface area contributed by atoms with E-state index in [0.717, 1.165) is 27.8 Å². The Bertz CT molecular complexity index is 1360. The Morgan fingerprint density at radius 1 is 1.03 bits per heavy atom. The highest BCUT2D eigenvalue weighted by Crippen LogP contribution is 2.32. The van der Waals surface area contributed by atoms with Crippen LogP contribution in [0.1, 0.15) is 27.2 Å². The fourth-order valence-corrected chi connectivity index (χ4v) is 4.29. The molecule has 0 atom stereocenters. The van der Waals surface area contributed by atoms with E-state index in [2.05, 4.69) is 5.32 Å². The van der Waals surface area contributed by atoms with Gasteiger partial charge in [-0.25, -0.2) is 4.79 Å². The molecule has 2 aromatic carbocycles. The van der Waals surface area contributed by atoms with Crippen molar-refractivity contribution < 1.29 is 24.3 Å². The van der Waals surface area contributed by atoms with Crippen LogP contribution in [0.3, 0.4) is 0 Å². The molecule has 34 heavy (non-hydrogen) atoms. The Hall–Kier alpha value is -4.11. The molecule has 3 amide bonds. The van der Waals surface area contributed by atoms with Gasteiger partial charge in [0.1, 0.15) is 6.54 Å². The average Bonchev–Trinajstić information content (AvgIpc) is 3.36. The molecule has 1 aliphatic heterocycles. The Morgan fingerprint density at radius 3 is 2.56 bits per heavy atom. The van der Waals surface area contributed by atoms with Gasteiger partial charge in [-0.2, -0.15) is 0 Å². The highest BCUT2D eigenvalue weighted by Gasteiger charge is 2.36. The SMILES string of the molecule is Cc1ccc(NC(=O)CN2C(=O)S/C(=C/c3cccn3-c3cccc(C(=O)O)c3)C2=O)cc1C. The molecule has 1 fully saturated rings. The average molecular weight is 476 g/mol. The highest BCUT2D eigenvalue weighted by molar-refractivity contribution is 8.18. The minimum atomic E-state index is -1.05. The van der Waals surface area contributed by atoms with E-state index in [1.54, 1.807) is 47.2 Å².